The van der Waals surface area contributed by atoms with Crippen molar-refractivity contribution in [2.45, 2.75) is 19.4 Å². The maximum absolute atomic E-state index is 10.9. The topological polar surface area (TPSA) is 164 Å². The first-order valence-electron chi connectivity index (χ1n) is 5.55. The summed E-state index contributed by atoms with van der Waals surface area (Å²) in [5.41, 5.74) is 0.831. The maximum atomic E-state index is 10.9. The summed E-state index contributed by atoms with van der Waals surface area (Å²) in [4.78, 5) is 43.1. The first kappa shape index (κ1) is 18.8. The highest BCUT2D eigenvalue weighted by Gasteiger charge is 2.41. The van der Waals surface area contributed by atoms with Gasteiger partial charge in [-0.1, -0.05) is 12.2 Å². The van der Waals surface area contributed by atoms with Crippen LogP contribution >= 0.6 is 7.82 Å². The minimum absolute atomic E-state index is 0.0674. The van der Waals surface area contributed by atoms with Crippen molar-refractivity contribution in [2.24, 2.45) is 11.8 Å². The fourth-order valence-corrected chi connectivity index (χ4v) is 2.06. The van der Waals surface area contributed by atoms with Gasteiger partial charge in [-0.25, -0.2) is 4.57 Å². The molecule has 3 atom stereocenters. The SMILES string of the molecule is C=C(C)[C@H]1CN[C@H](C(=O)O)[C@H]1CC(=O)O.O=P(O)(O)O. The Labute approximate surface area is 115 Å². The molecule has 0 aromatic rings. The van der Waals surface area contributed by atoms with Crippen molar-refractivity contribution in [3.8, 4) is 0 Å². The second-order valence-corrected chi connectivity index (χ2v) is 5.48. The van der Waals surface area contributed by atoms with Crippen molar-refractivity contribution in [1.29, 1.82) is 0 Å². The molecule has 0 aromatic carbocycles. The lowest BCUT2D eigenvalue weighted by molar-refractivity contribution is -0.142. The number of hydrogen-bond acceptors (Lipinski definition) is 4. The Kier molecular flexibility index (Phi) is 7.04. The molecule has 9 nitrogen and oxygen atoms in total. The third-order valence-electron chi connectivity index (χ3n) is 2.81. The summed E-state index contributed by atoms with van der Waals surface area (Å²) in [7, 11) is -4.64. The number of carboxylic acids is 2. The van der Waals surface area contributed by atoms with Crippen LogP contribution in [0.25, 0.3) is 0 Å². The minimum atomic E-state index is -4.64. The standard InChI is InChI=1S/C10H15NO4.H3O4P/c1-5(2)7-4-11-9(10(14)15)6(7)3-8(12)13;1-5(2,3)4/h6-7,9,11H,1,3-4H2,2H3,(H,12,13)(H,14,15);(H3,1,2,3,4)/t6-,7+,9-;/m0./s1. The molecule has 116 valence electrons. The van der Waals surface area contributed by atoms with Gasteiger partial charge in [0.15, 0.2) is 0 Å². The normalized spacial score (nSPS) is 25.5. The van der Waals surface area contributed by atoms with Crippen LogP contribution in [-0.2, 0) is 14.2 Å². The molecule has 10 heteroatoms. The van der Waals surface area contributed by atoms with Crippen LogP contribution in [-0.4, -0.2) is 49.4 Å². The second kappa shape index (κ2) is 7.51. The first-order chi connectivity index (χ1) is 8.93. The highest BCUT2D eigenvalue weighted by molar-refractivity contribution is 7.45. The Balaban J connectivity index is 0.000000621. The molecule has 1 rings (SSSR count). The van der Waals surface area contributed by atoms with Gasteiger partial charge < -0.3 is 30.2 Å². The van der Waals surface area contributed by atoms with Crippen LogP contribution in [0.15, 0.2) is 12.2 Å². The number of carboxylic acid groups (broad SMARTS) is 2. The van der Waals surface area contributed by atoms with E-state index in [9.17, 15) is 9.59 Å². The fourth-order valence-electron chi connectivity index (χ4n) is 2.06. The van der Waals surface area contributed by atoms with Crippen molar-refractivity contribution in [2.75, 3.05) is 6.54 Å². The van der Waals surface area contributed by atoms with Crippen molar-refractivity contribution >= 4 is 19.8 Å². The highest BCUT2D eigenvalue weighted by Crippen LogP contribution is 2.30. The average molecular weight is 311 g/mol. The summed E-state index contributed by atoms with van der Waals surface area (Å²) in [5, 5.41) is 20.5. The molecule has 0 radical (unpaired) electrons. The Morgan fingerprint density at radius 2 is 1.75 bits per heavy atom. The summed E-state index contributed by atoms with van der Waals surface area (Å²) in [5.74, 6) is -2.44. The van der Waals surface area contributed by atoms with E-state index in [2.05, 4.69) is 11.9 Å². The largest absolute Gasteiger partial charge is 0.481 e. The van der Waals surface area contributed by atoms with E-state index in [-0.39, 0.29) is 12.3 Å². The zero-order chi connectivity index (χ0) is 16.1. The van der Waals surface area contributed by atoms with E-state index < -0.39 is 31.7 Å². The van der Waals surface area contributed by atoms with E-state index in [1.165, 1.54) is 0 Å². The summed E-state index contributed by atoms with van der Waals surface area (Å²) in [6.45, 7) is 6.05. The molecule has 1 aliphatic rings. The van der Waals surface area contributed by atoms with Gasteiger partial charge in [0, 0.05) is 12.5 Å². The van der Waals surface area contributed by atoms with Gasteiger partial charge in [0.05, 0.1) is 6.42 Å². The number of carbonyl (C=O) groups is 2. The van der Waals surface area contributed by atoms with Crippen molar-refractivity contribution < 1.29 is 39.0 Å². The molecular formula is C10H18NO8P. The smallest absolute Gasteiger partial charge is 0.466 e. The van der Waals surface area contributed by atoms with Crippen LogP contribution in [0.4, 0.5) is 0 Å². The van der Waals surface area contributed by atoms with Gasteiger partial charge in [-0.05, 0) is 12.8 Å². The van der Waals surface area contributed by atoms with Gasteiger partial charge in [0.25, 0.3) is 0 Å². The van der Waals surface area contributed by atoms with Crippen LogP contribution in [0, 0.1) is 11.8 Å². The van der Waals surface area contributed by atoms with Gasteiger partial charge in [0.1, 0.15) is 6.04 Å². The number of aliphatic carboxylic acids is 2. The number of hydrogen-bond donors (Lipinski definition) is 6. The zero-order valence-corrected chi connectivity index (χ0v) is 11.7. The first-order valence-corrected chi connectivity index (χ1v) is 7.11. The van der Waals surface area contributed by atoms with Crippen LogP contribution in [0.5, 0.6) is 0 Å². The monoisotopic (exact) mass is 311 g/mol. The predicted octanol–water partition coefficient (Wildman–Crippen LogP) is -0.603. The molecule has 6 N–H and O–H groups in total. The van der Waals surface area contributed by atoms with Gasteiger partial charge >= 0.3 is 19.8 Å². The lowest BCUT2D eigenvalue weighted by Gasteiger charge is -2.19. The van der Waals surface area contributed by atoms with Crippen molar-refractivity contribution in [1.82, 2.24) is 5.32 Å². The lowest BCUT2D eigenvalue weighted by Crippen LogP contribution is -2.36. The number of nitrogens with one attached hydrogen (secondary N) is 1. The van der Waals surface area contributed by atoms with Crippen LogP contribution < -0.4 is 5.32 Å². The molecule has 1 saturated heterocycles. The summed E-state index contributed by atoms with van der Waals surface area (Å²) in [6.07, 6.45) is -0.137. The fraction of sp³-hybridized carbons (Fsp3) is 0.600. The van der Waals surface area contributed by atoms with Gasteiger partial charge in [0.2, 0.25) is 0 Å². The van der Waals surface area contributed by atoms with E-state index in [0.29, 0.717) is 6.54 Å². The molecule has 20 heavy (non-hydrogen) atoms. The molecule has 0 aliphatic carbocycles. The molecule has 0 bridgehead atoms. The Bertz CT molecular complexity index is 401. The molecule has 0 amide bonds. The lowest BCUT2D eigenvalue weighted by atomic mass is 9.84. The van der Waals surface area contributed by atoms with Crippen molar-refractivity contribution in [3.05, 3.63) is 12.2 Å². The summed E-state index contributed by atoms with van der Waals surface area (Å²) in [6, 6.07) is -0.775. The van der Waals surface area contributed by atoms with E-state index in [4.69, 9.17) is 29.5 Å². The van der Waals surface area contributed by atoms with Crippen LogP contribution in [0.1, 0.15) is 13.3 Å². The Morgan fingerprint density at radius 3 is 2.05 bits per heavy atom. The van der Waals surface area contributed by atoms with E-state index in [1.807, 2.05) is 0 Å². The van der Waals surface area contributed by atoms with Gasteiger partial charge in [-0.2, -0.15) is 0 Å². The molecule has 0 spiro atoms. The van der Waals surface area contributed by atoms with Crippen LogP contribution in [0.3, 0.4) is 0 Å². The van der Waals surface area contributed by atoms with Crippen LogP contribution in [0.2, 0.25) is 0 Å². The molecule has 0 saturated carbocycles. The number of rotatable bonds is 4. The second-order valence-electron chi connectivity index (χ2n) is 4.45. The van der Waals surface area contributed by atoms with Crippen molar-refractivity contribution in [3.63, 3.8) is 0 Å². The van der Waals surface area contributed by atoms with Gasteiger partial charge in [-0.15, -0.1) is 0 Å². The average Bonchev–Trinajstić information content (AvgIpc) is 2.57. The maximum Gasteiger partial charge on any atom is 0.466 e. The Morgan fingerprint density at radius 1 is 1.30 bits per heavy atom. The molecule has 0 unspecified atom stereocenters. The molecule has 1 heterocycles. The highest BCUT2D eigenvalue weighted by atomic mass is 31.2. The summed E-state index contributed by atoms with van der Waals surface area (Å²) < 4.78 is 8.88. The quantitative estimate of drug-likeness (QED) is 0.293. The van der Waals surface area contributed by atoms with E-state index in [1.54, 1.807) is 6.92 Å². The zero-order valence-electron chi connectivity index (χ0n) is 10.8. The third kappa shape index (κ3) is 7.37. The molecular weight excluding hydrogens is 293 g/mol. The molecule has 0 aromatic heterocycles. The summed E-state index contributed by atoms with van der Waals surface area (Å²) >= 11 is 0. The Hall–Kier alpha value is -1.25. The minimum Gasteiger partial charge on any atom is -0.481 e. The molecule has 1 fully saturated rings. The van der Waals surface area contributed by atoms with Gasteiger partial charge in [-0.3, -0.25) is 9.59 Å². The predicted molar refractivity (Wildman–Crippen MR) is 67.7 cm³/mol. The van der Waals surface area contributed by atoms with E-state index in [0.717, 1.165) is 5.57 Å². The van der Waals surface area contributed by atoms with E-state index >= 15 is 0 Å². The third-order valence-corrected chi connectivity index (χ3v) is 2.81. The molecule has 1 aliphatic heterocycles. The number of phosphoric acid groups is 1.